The summed E-state index contributed by atoms with van der Waals surface area (Å²) in [6, 6.07) is 24.5. The van der Waals surface area contributed by atoms with Gasteiger partial charge in [0.05, 0.1) is 6.61 Å². The fourth-order valence-electron chi connectivity index (χ4n) is 3.21. The largest absolute Gasteiger partial charge is 0.490 e. The van der Waals surface area contributed by atoms with Gasteiger partial charge in [-0.3, -0.25) is 0 Å². The Hall–Kier alpha value is -4.00. The molecule has 0 aliphatic carbocycles. The smallest absolute Gasteiger partial charge is 0.218 e. The molecule has 3 aromatic carbocycles. The van der Waals surface area contributed by atoms with E-state index in [0.29, 0.717) is 32.3 Å². The molecule has 0 amide bonds. The number of nitrogens with zero attached hydrogens (tertiary/aromatic N) is 2. The molecule has 4 rings (SSSR count). The summed E-state index contributed by atoms with van der Waals surface area (Å²) in [4.78, 5) is 4.06. The third kappa shape index (κ3) is 6.01. The first-order valence-corrected chi connectivity index (χ1v) is 10.6. The van der Waals surface area contributed by atoms with Crippen molar-refractivity contribution in [3.8, 4) is 11.5 Å². The number of anilines is 2. The second-order valence-electron chi connectivity index (χ2n) is 7.23. The maximum absolute atomic E-state index is 5.99. The van der Waals surface area contributed by atoms with Crippen LogP contribution in [0.1, 0.15) is 23.6 Å². The molecule has 3 N–H and O–H groups in total. The molecule has 0 aliphatic heterocycles. The van der Waals surface area contributed by atoms with E-state index < -0.39 is 0 Å². The van der Waals surface area contributed by atoms with Crippen molar-refractivity contribution in [1.29, 1.82) is 0 Å². The molecule has 0 saturated carbocycles. The van der Waals surface area contributed by atoms with Crippen LogP contribution < -0.4 is 20.1 Å². The number of nitrogens with one attached hydrogen (secondary N) is 3. The molecule has 4 aromatic rings. The van der Waals surface area contributed by atoms with E-state index >= 15 is 0 Å². The van der Waals surface area contributed by atoms with Gasteiger partial charge in [-0.2, -0.15) is 5.10 Å². The zero-order valence-electron chi connectivity index (χ0n) is 18.0. The first-order chi connectivity index (χ1) is 15.8. The van der Waals surface area contributed by atoms with Crippen molar-refractivity contribution in [2.24, 2.45) is 0 Å². The molecule has 0 fully saturated rings. The standard InChI is InChI=1S/C25H27N5O2/c1-2-31-24-14-21(10-13-23(24)32-17-20-6-4-3-5-7-20)16-26-22-11-8-19(9-12-22)15-27-25-28-18-29-30-25/h3-14,18,26H,2,15-17H2,1H3,(H2,27,28,29,30). The van der Waals surface area contributed by atoms with Crippen molar-refractivity contribution >= 4 is 11.6 Å². The van der Waals surface area contributed by atoms with E-state index in [1.54, 1.807) is 0 Å². The minimum absolute atomic E-state index is 0.510. The first kappa shape index (κ1) is 21.2. The van der Waals surface area contributed by atoms with E-state index in [2.05, 4.69) is 56.1 Å². The SMILES string of the molecule is CCOc1cc(CNc2ccc(CNc3ncn[nH]3)cc2)ccc1OCc1ccccc1. The fourth-order valence-corrected chi connectivity index (χ4v) is 3.21. The predicted molar refractivity (Wildman–Crippen MR) is 126 cm³/mol. The Morgan fingerprint density at radius 3 is 2.31 bits per heavy atom. The Bertz CT molecular complexity index is 1080. The van der Waals surface area contributed by atoms with Crippen molar-refractivity contribution in [3.05, 3.63) is 95.8 Å². The molecular formula is C25H27N5O2. The Labute approximate surface area is 187 Å². The second kappa shape index (κ2) is 10.9. The molecule has 0 bridgehead atoms. The van der Waals surface area contributed by atoms with Gasteiger partial charge >= 0.3 is 0 Å². The highest BCUT2D eigenvalue weighted by Gasteiger charge is 2.07. The zero-order valence-corrected chi connectivity index (χ0v) is 18.0. The molecule has 0 atom stereocenters. The lowest BCUT2D eigenvalue weighted by Gasteiger charge is -2.14. The minimum atomic E-state index is 0.510. The van der Waals surface area contributed by atoms with Crippen LogP contribution in [0.3, 0.4) is 0 Å². The lowest BCUT2D eigenvalue weighted by Crippen LogP contribution is -2.04. The number of aromatic nitrogens is 3. The molecule has 0 unspecified atom stereocenters. The molecule has 164 valence electrons. The van der Waals surface area contributed by atoms with Crippen molar-refractivity contribution in [3.63, 3.8) is 0 Å². The van der Waals surface area contributed by atoms with E-state index in [-0.39, 0.29) is 0 Å². The highest BCUT2D eigenvalue weighted by Crippen LogP contribution is 2.29. The third-order valence-corrected chi connectivity index (χ3v) is 4.87. The summed E-state index contributed by atoms with van der Waals surface area (Å²) in [7, 11) is 0. The van der Waals surface area contributed by atoms with Gasteiger partial charge in [0.15, 0.2) is 11.5 Å². The molecule has 32 heavy (non-hydrogen) atoms. The normalized spacial score (nSPS) is 10.5. The number of ether oxygens (including phenoxy) is 2. The number of hydrogen-bond donors (Lipinski definition) is 3. The van der Waals surface area contributed by atoms with Crippen LogP contribution >= 0.6 is 0 Å². The Morgan fingerprint density at radius 1 is 0.781 bits per heavy atom. The van der Waals surface area contributed by atoms with Crippen LogP contribution in [0.2, 0.25) is 0 Å². The maximum atomic E-state index is 5.99. The van der Waals surface area contributed by atoms with E-state index in [1.165, 1.54) is 6.33 Å². The van der Waals surface area contributed by atoms with Crippen molar-refractivity contribution in [2.45, 2.75) is 26.6 Å². The highest BCUT2D eigenvalue weighted by atomic mass is 16.5. The van der Waals surface area contributed by atoms with E-state index in [0.717, 1.165) is 33.9 Å². The van der Waals surface area contributed by atoms with Crippen LogP contribution in [0.25, 0.3) is 0 Å². The summed E-state index contributed by atoms with van der Waals surface area (Å²) in [5.74, 6) is 2.17. The topological polar surface area (TPSA) is 84.1 Å². The summed E-state index contributed by atoms with van der Waals surface area (Å²) < 4.78 is 11.8. The molecule has 1 heterocycles. The average molecular weight is 430 g/mol. The number of rotatable bonds is 11. The summed E-state index contributed by atoms with van der Waals surface area (Å²) in [5.41, 5.74) is 4.46. The van der Waals surface area contributed by atoms with Crippen LogP contribution in [0.4, 0.5) is 11.6 Å². The number of hydrogen-bond acceptors (Lipinski definition) is 6. The highest BCUT2D eigenvalue weighted by molar-refractivity contribution is 5.48. The first-order valence-electron chi connectivity index (χ1n) is 10.6. The minimum Gasteiger partial charge on any atom is -0.490 e. The van der Waals surface area contributed by atoms with Crippen LogP contribution in [-0.2, 0) is 19.7 Å². The molecule has 7 heteroatoms. The van der Waals surface area contributed by atoms with E-state index in [9.17, 15) is 0 Å². The van der Waals surface area contributed by atoms with Gasteiger partial charge in [-0.1, -0.05) is 48.5 Å². The van der Waals surface area contributed by atoms with Crippen LogP contribution in [-0.4, -0.2) is 21.8 Å². The van der Waals surface area contributed by atoms with Gasteiger partial charge in [0.25, 0.3) is 0 Å². The summed E-state index contributed by atoms with van der Waals surface area (Å²) in [6.07, 6.45) is 1.48. The van der Waals surface area contributed by atoms with Crippen molar-refractivity contribution in [2.75, 3.05) is 17.2 Å². The monoisotopic (exact) mass is 429 g/mol. The lowest BCUT2D eigenvalue weighted by atomic mass is 10.1. The summed E-state index contributed by atoms with van der Waals surface area (Å²) >= 11 is 0. The molecule has 1 aromatic heterocycles. The summed E-state index contributed by atoms with van der Waals surface area (Å²) in [6.45, 7) is 4.44. The summed E-state index contributed by atoms with van der Waals surface area (Å²) in [5, 5.41) is 13.3. The van der Waals surface area contributed by atoms with Gasteiger partial charge in [0.2, 0.25) is 5.95 Å². The Kier molecular flexibility index (Phi) is 7.21. The second-order valence-corrected chi connectivity index (χ2v) is 7.23. The fraction of sp³-hybridized carbons (Fsp3) is 0.200. The van der Waals surface area contributed by atoms with Gasteiger partial charge in [-0.05, 0) is 47.9 Å². The van der Waals surface area contributed by atoms with Crippen LogP contribution in [0, 0.1) is 0 Å². The molecule has 7 nitrogen and oxygen atoms in total. The van der Waals surface area contributed by atoms with Gasteiger partial charge in [-0.25, -0.2) is 10.1 Å². The van der Waals surface area contributed by atoms with Crippen molar-refractivity contribution in [1.82, 2.24) is 15.2 Å². The number of aromatic amines is 1. The van der Waals surface area contributed by atoms with Crippen LogP contribution in [0.15, 0.2) is 79.1 Å². The number of H-pyrrole nitrogens is 1. The Morgan fingerprint density at radius 2 is 1.56 bits per heavy atom. The lowest BCUT2D eigenvalue weighted by molar-refractivity contribution is 0.269. The molecule has 0 aliphatic rings. The maximum Gasteiger partial charge on any atom is 0.218 e. The predicted octanol–water partition coefficient (Wildman–Crippen LogP) is 5.01. The number of benzene rings is 3. The van der Waals surface area contributed by atoms with Crippen molar-refractivity contribution < 1.29 is 9.47 Å². The average Bonchev–Trinajstić information content (AvgIpc) is 3.36. The zero-order chi connectivity index (χ0) is 22.0. The van der Waals surface area contributed by atoms with Gasteiger partial charge in [0, 0.05) is 18.8 Å². The van der Waals surface area contributed by atoms with E-state index in [1.807, 2.05) is 49.4 Å². The van der Waals surface area contributed by atoms with Gasteiger partial charge in [0.1, 0.15) is 12.9 Å². The Balaban J connectivity index is 1.32. The molecule has 0 saturated heterocycles. The van der Waals surface area contributed by atoms with Gasteiger partial charge < -0.3 is 20.1 Å². The van der Waals surface area contributed by atoms with E-state index in [4.69, 9.17) is 9.47 Å². The van der Waals surface area contributed by atoms with Gasteiger partial charge in [-0.15, -0.1) is 0 Å². The van der Waals surface area contributed by atoms with Crippen LogP contribution in [0.5, 0.6) is 11.5 Å². The molecular weight excluding hydrogens is 402 g/mol. The quantitative estimate of drug-likeness (QED) is 0.311. The molecule has 0 radical (unpaired) electrons. The third-order valence-electron chi connectivity index (χ3n) is 4.87. The molecule has 0 spiro atoms.